The Morgan fingerprint density at radius 3 is 2.53 bits per heavy atom. The first-order chi connectivity index (χ1) is 7.92. The Kier molecular flexibility index (Phi) is 5.24. The summed E-state index contributed by atoms with van der Waals surface area (Å²) < 4.78 is 32.3. The van der Waals surface area contributed by atoms with Gasteiger partial charge in [-0.3, -0.25) is 0 Å². The molecule has 0 amide bonds. The highest BCUT2D eigenvalue weighted by atomic mass is 32.2. The molecule has 5 heteroatoms. The van der Waals surface area contributed by atoms with E-state index in [-0.39, 0.29) is 17.8 Å². The minimum Gasteiger partial charge on any atom is -0.306 e. The highest BCUT2D eigenvalue weighted by Gasteiger charge is 2.21. The molecule has 0 fully saturated rings. The maximum absolute atomic E-state index is 13.3. The van der Waals surface area contributed by atoms with Crippen LogP contribution < -0.4 is 5.32 Å². The molecular formula is C12H18FNO2S. The van der Waals surface area contributed by atoms with E-state index in [9.17, 15) is 8.60 Å². The third-order valence-electron chi connectivity index (χ3n) is 2.58. The van der Waals surface area contributed by atoms with Gasteiger partial charge in [-0.05, 0) is 19.4 Å². The number of alkyl halides is 1. The maximum Gasteiger partial charge on any atom is 0.155 e. The molecule has 0 radical (unpaired) electrons. The van der Waals surface area contributed by atoms with Gasteiger partial charge in [0.2, 0.25) is 0 Å². The zero-order valence-electron chi connectivity index (χ0n) is 10.0. The van der Waals surface area contributed by atoms with Crippen molar-refractivity contribution in [2.24, 2.45) is 0 Å². The zero-order valence-corrected chi connectivity index (χ0v) is 10.8. The van der Waals surface area contributed by atoms with Gasteiger partial charge in [-0.2, -0.15) is 0 Å². The Balaban J connectivity index is 2.53. The van der Waals surface area contributed by atoms with Crippen molar-refractivity contribution in [2.45, 2.75) is 25.6 Å². The highest BCUT2D eigenvalue weighted by Crippen LogP contribution is 2.19. The minimum absolute atomic E-state index is 0.0637. The number of hydrogen-bond acceptors (Lipinski definition) is 2. The van der Waals surface area contributed by atoms with Crippen LogP contribution in [0.4, 0.5) is 4.39 Å². The standard InChI is InChI=1S/C12H18FNO2S/c1-12(2,10-6-4-3-5-7-10)14-8-11(13)9-17(15)16/h3-7,11,14H,8-9H2,1-2H3,(H,15,16)/t11-/m1/s1. The SMILES string of the molecule is CC(C)(NC[C@@H](F)CS(=O)O)c1ccccc1. The van der Waals surface area contributed by atoms with Gasteiger partial charge in [-0.15, -0.1) is 0 Å². The summed E-state index contributed by atoms with van der Waals surface area (Å²) in [7, 11) is 0. The molecule has 2 N–H and O–H groups in total. The molecule has 0 aliphatic carbocycles. The van der Waals surface area contributed by atoms with E-state index < -0.39 is 17.3 Å². The summed E-state index contributed by atoms with van der Waals surface area (Å²) in [6.07, 6.45) is -1.32. The van der Waals surface area contributed by atoms with Gasteiger partial charge in [0, 0.05) is 12.1 Å². The molecule has 1 aromatic rings. The van der Waals surface area contributed by atoms with E-state index in [2.05, 4.69) is 5.32 Å². The van der Waals surface area contributed by atoms with Crippen LogP contribution in [0.2, 0.25) is 0 Å². The highest BCUT2D eigenvalue weighted by molar-refractivity contribution is 7.79. The third kappa shape index (κ3) is 4.93. The van der Waals surface area contributed by atoms with Crippen LogP contribution in [-0.2, 0) is 16.6 Å². The Hall–Kier alpha value is -0.780. The molecule has 1 unspecified atom stereocenters. The van der Waals surface area contributed by atoms with Gasteiger partial charge in [-0.25, -0.2) is 8.60 Å². The van der Waals surface area contributed by atoms with Gasteiger partial charge >= 0.3 is 0 Å². The summed E-state index contributed by atoms with van der Waals surface area (Å²) in [5.41, 5.74) is 0.694. The lowest BCUT2D eigenvalue weighted by molar-refractivity contribution is 0.297. The molecule has 0 spiro atoms. The predicted molar refractivity (Wildman–Crippen MR) is 68.0 cm³/mol. The molecular weight excluding hydrogens is 241 g/mol. The Morgan fingerprint density at radius 2 is 2.00 bits per heavy atom. The summed E-state index contributed by atoms with van der Waals surface area (Å²) in [5, 5.41) is 3.06. The predicted octanol–water partition coefficient (Wildman–Crippen LogP) is 2.07. The maximum atomic E-state index is 13.3. The van der Waals surface area contributed by atoms with E-state index in [0.29, 0.717) is 0 Å². The second-order valence-electron chi connectivity index (χ2n) is 4.46. The first-order valence-electron chi connectivity index (χ1n) is 5.44. The average molecular weight is 259 g/mol. The molecule has 3 nitrogen and oxygen atoms in total. The summed E-state index contributed by atoms with van der Waals surface area (Å²) >= 11 is -2.08. The van der Waals surface area contributed by atoms with Crippen molar-refractivity contribution in [3.8, 4) is 0 Å². The number of nitrogens with one attached hydrogen (secondary N) is 1. The van der Waals surface area contributed by atoms with Gasteiger partial charge in [0.25, 0.3) is 0 Å². The van der Waals surface area contributed by atoms with E-state index in [1.807, 2.05) is 44.2 Å². The normalized spacial score (nSPS) is 15.5. The van der Waals surface area contributed by atoms with Crippen LogP contribution in [-0.4, -0.2) is 27.2 Å². The molecule has 0 heterocycles. The summed E-state index contributed by atoms with van der Waals surface area (Å²) in [6.45, 7) is 3.96. The number of hydrogen-bond donors (Lipinski definition) is 2. The quantitative estimate of drug-likeness (QED) is 0.769. The van der Waals surface area contributed by atoms with Gasteiger partial charge in [0.1, 0.15) is 6.17 Å². The van der Waals surface area contributed by atoms with Crippen LogP contribution in [0.15, 0.2) is 30.3 Å². The zero-order chi connectivity index (χ0) is 12.9. The van der Waals surface area contributed by atoms with Crippen molar-refractivity contribution in [2.75, 3.05) is 12.3 Å². The fourth-order valence-electron chi connectivity index (χ4n) is 1.54. The van der Waals surface area contributed by atoms with Crippen molar-refractivity contribution in [3.63, 3.8) is 0 Å². The van der Waals surface area contributed by atoms with Gasteiger partial charge in [0.05, 0.1) is 5.75 Å². The fourth-order valence-corrected chi connectivity index (χ4v) is 1.96. The first kappa shape index (κ1) is 14.3. The largest absolute Gasteiger partial charge is 0.306 e. The average Bonchev–Trinajstić information content (AvgIpc) is 2.27. The van der Waals surface area contributed by atoms with Gasteiger partial charge in [-0.1, -0.05) is 30.3 Å². The molecule has 0 aliphatic rings. The monoisotopic (exact) mass is 259 g/mol. The Labute approximate surface area is 104 Å². The second-order valence-corrected chi connectivity index (χ2v) is 5.43. The van der Waals surface area contributed by atoms with E-state index >= 15 is 0 Å². The summed E-state index contributed by atoms with van der Waals surface area (Å²) in [4.78, 5) is 0. The molecule has 96 valence electrons. The van der Waals surface area contributed by atoms with Crippen LogP contribution >= 0.6 is 0 Å². The van der Waals surface area contributed by atoms with Crippen LogP contribution in [0.1, 0.15) is 19.4 Å². The number of benzene rings is 1. The number of halogens is 1. The van der Waals surface area contributed by atoms with Crippen molar-refractivity contribution in [1.82, 2.24) is 5.32 Å². The van der Waals surface area contributed by atoms with Crippen molar-refractivity contribution >= 4 is 11.1 Å². The Bertz CT molecular complexity index is 370. The lowest BCUT2D eigenvalue weighted by atomic mass is 9.94. The molecule has 2 atom stereocenters. The van der Waals surface area contributed by atoms with Crippen molar-refractivity contribution < 1.29 is 13.2 Å². The molecule has 0 bridgehead atoms. The Morgan fingerprint density at radius 1 is 1.41 bits per heavy atom. The molecule has 0 saturated carbocycles. The number of rotatable bonds is 6. The van der Waals surface area contributed by atoms with Crippen LogP contribution in [0, 0.1) is 0 Å². The van der Waals surface area contributed by atoms with E-state index in [1.165, 1.54) is 0 Å². The van der Waals surface area contributed by atoms with E-state index in [1.54, 1.807) is 0 Å². The van der Waals surface area contributed by atoms with Crippen LogP contribution in [0.5, 0.6) is 0 Å². The summed E-state index contributed by atoms with van der Waals surface area (Å²) in [5.74, 6) is -0.349. The van der Waals surface area contributed by atoms with Crippen LogP contribution in [0.25, 0.3) is 0 Å². The molecule has 0 saturated heterocycles. The lowest BCUT2D eigenvalue weighted by Crippen LogP contribution is -2.41. The third-order valence-corrected chi connectivity index (χ3v) is 3.23. The fraction of sp³-hybridized carbons (Fsp3) is 0.500. The first-order valence-corrected chi connectivity index (χ1v) is 6.71. The molecule has 1 rings (SSSR count). The second kappa shape index (κ2) is 6.23. The minimum atomic E-state index is -2.08. The molecule has 17 heavy (non-hydrogen) atoms. The summed E-state index contributed by atoms with van der Waals surface area (Å²) in [6, 6.07) is 9.70. The lowest BCUT2D eigenvalue weighted by Gasteiger charge is -2.27. The van der Waals surface area contributed by atoms with Crippen LogP contribution in [0.3, 0.4) is 0 Å². The van der Waals surface area contributed by atoms with Crippen molar-refractivity contribution in [3.05, 3.63) is 35.9 Å². The molecule has 0 aromatic heterocycles. The molecule has 1 aromatic carbocycles. The van der Waals surface area contributed by atoms with E-state index in [0.717, 1.165) is 5.56 Å². The van der Waals surface area contributed by atoms with E-state index in [4.69, 9.17) is 4.55 Å². The topological polar surface area (TPSA) is 49.3 Å². The van der Waals surface area contributed by atoms with Crippen molar-refractivity contribution in [1.29, 1.82) is 0 Å². The van der Waals surface area contributed by atoms with Gasteiger partial charge in [0.15, 0.2) is 11.1 Å². The molecule has 0 aliphatic heterocycles. The van der Waals surface area contributed by atoms with Gasteiger partial charge < -0.3 is 9.87 Å². The smallest absolute Gasteiger partial charge is 0.155 e.